The molecule has 0 saturated carbocycles. The third-order valence-electron chi connectivity index (χ3n) is 2.61. The van der Waals surface area contributed by atoms with Gasteiger partial charge in [0, 0.05) is 5.69 Å². The quantitative estimate of drug-likeness (QED) is 0.374. The lowest BCUT2D eigenvalue weighted by Gasteiger charge is -2.06. The van der Waals surface area contributed by atoms with Crippen LogP contribution in [0.25, 0.3) is 5.95 Å². The Hall–Kier alpha value is -2.15. The molecule has 0 aromatic carbocycles. The Morgan fingerprint density at radius 1 is 1.37 bits per heavy atom. The first-order valence-corrected chi connectivity index (χ1v) is 5.87. The molecule has 7 nitrogen and oxygen atoms in total. The first kappa shape index (κ1) is 13.3. The molecule has 0 radical (unpaired) electrons. The minimum absolute atomic E-state index is 0.0839. The van der Waals surface area contributed by atoms with Crippen molar-refractivity contribution in [3.8, 4) is 5.95 Å². The Labute approximate surface area is 114 Å². The summed E-state index contributed by atoms with van der Waals surface area (Å²) < 4.78 is 1.53. The predicted octanol–water partition coefficient (Wildman–Crippen LogP) is 1.34. The maximum atomic E-state index is 8.70. The molecule has 2 aromatic rings. The number of oxime groups is 1. The van der Waals surface area contributed by atoms with Gasteiger partial charge in [0.05, 0.1) is 16.4 Å². The Balaban J connectivity index is 2.62. The van der Waals surface area contributed by atoms with E-state index >= 15 is 0 Å². The SMILES string of the molecule is Cc1cc(/C(N)=N/O)nc(-n2nc(C)c(Cl)c2C)n1. The third kappa shape index (κ3) is 2.37. The predicted molar refractivity (Wildman–Crippen MR) is 70.9 cm³/mol. The van der Waals surface area contributed by atoms with Crippen LogP contribution in [0, 0.1) is 20.8 Å². The van der Waals surface area contributed by atoms with Crippen molar-refractivity contribution in [2.24, 2.45) is 10.9 Å². The Morgan fingerprint density at radius 2 is 2.05 bits per heavy atom. The van der Waals surface area contributed by atoms with E-state index in [4.69, 9.17) is 22.5 Å². The summed E-state index contributed by atoms with van der Waals surface area (Å²) in [6.45, 7) is 5.40. The van der Waals surface area contributed by atoms with Crippen LogP contribution >= 0.6 is 11.6 Å². The van der Waals surface area contributed by atoms with Crippen molar-refractivity contribution >= 4 is 17.4 Å². The van der Waals surface area contributed by atoms with E-state index in [-0.39, 0.29) is 5.84 Å². The second-order valence-corrected chi connectivity index (χ2v) is 4.45. The van der Waals surface area contributed by atoms with Gasteiger partial charge in [0.2, 0.25) is 0 Å². The molecule has 100 valence electrons. The Kier molecular flexibility index (Phi) is 3.39. The number of nitrogens with zero attached hydrogens (tertiary/aromatic N) is 5. The highest BCUT2D eigenvalue weighted by atomic mass is 35.5. The normalized spacial score (nSPS) is 11.9. The van der Waals surface area contributed by atoms with Crippen LogP contribution in [-0.2, 0) is 0 Å². The number of halogens is 1. The second-order valence-electron chi connectivity index (χ2n) is 4.08. The maximum absolute atomic E-state index is 8.70. The molecule has 2 heterocycles. The highest BCUT2D eigenvalue weighted by Crippen LogP contribution is 2.21. The van der Waals surface area contributed by atoms with E-state index in [1.54, 1.807) is 19.9 Å². The van der Waals surface area contributed by atoms with E-state index in [9.17, 15) is 0 Å². The topological polar surface area (TPSA) is 102 Å². The number of aromatic nitrogens is 4. The first-order valence-electron chi connectivity index (χ1n) is 5.49. The Morgan fingerprint density at radius 3 is 2.58 bits per heavy atom. The summed E-state index contributed by atoms with van der Waals surface area (Å²) >= 11 is 6.09. The summed E-state index contributed by atoms with van der Waals surface area (Å²) in [4.78, 5) is 8.48. The molecule has 0 unspecified atom stereocenters. The molecule has 0 fully saturated rings. The average molecular weight is 281 g/mol. The van der Waals surface area contributed by atoms with Crippen molar-refractivity contribution in [1.29, 1.82) is 0 Å². The average Bonchev–Trinajstić information content (AvgIpc) is 2.65. The van der Waals surface area contributed by atoms with Gasteiger partial charge < -0.3 is 10.9 Å². The van der Waals surface area contributed by atoms with Crippen molar-refractivity contribution < 1.29 is 5.21 Å². The van der Waals surface area contributed by atoms with Crippen LogP contribution in [0.5, 0.6) is 0 Å². The molecule has 0 amide bonds. The van der Waals surface area contributed by atoms with Crippen molar-refractivity contribution in [3.05, 3.63) is 33.9 Å². The van der Waals surface area contributed by atoms with Crippen LogP contribution in [0.3, 0.4) is 0 Å². The van der Waals surface area contributed by atoms with Crippen LogP contribution in [0.2, 0.25) is 5.02 Å². The lowest BCUT2D eigenvalue weighted by atomic mass is 10.3. The van der Waals surface area contributed by atoms with Crippen LogP contribution in [0.1, 0.15) is 22.8 Å². The van der Waals surface area contributed by atoms with Crippen LogP contribution in [-0.4, -0.2) is 30.8 Å². The summed E-state index contributed by atoms with van der Waals surface area (Å²) in [6, 6.07) is 1.62. The van der Waals surface area contributed by atoms with Crippen LogP contribution in [0.4, 0.5) is 0 Å². The molecule has 0 aliphatic heterocycles. The molecule has 0 saturated heterocycles. The van der Waals surface area contributed by atoms with E-state index in [1.165, 1.54) is 4.68 Å². The van der Waals surface area contributed by atoms with Gasteiger partial charge in [-0.3, -0.25) is 0 Å². The Bertz CT molecular complexity index is 663. The van der Waals surface area contributed by atoms with Gasteiger partial charge in [-0.2, -0.15) is 5.10 Å². The largest absolute Gasteiger partial charge is 0.409 e. The maximum Gasteiger partial charge on any atom is 0.251 e. The van der Waals surface area contributed by atoms with Gasteiger partial charge in [-0.1, -0.05) is 16.8 Å². The fraction of sp³-hybridized carbons (Fsp3) is 0.273. The highest BCUT2D eigenvalue weighted by molar-refractivity contribution is 6.31. The summed E-state index contributed by atoms with van der Waals surface area (Å²) in [7, 11) is 0. The molecule has 0 atom stereocenters. The lowest BCUT2D eigenvalue weighted by molar-refractivity contribution is 0.318. The minimum Gasteiger partial charge on any atom is -0.409 e. The molecule has 2 aromatic heterocycles. The highest BCUT2D eigenvalue weighted by Gasteiger charge is 2.14. The van der Waals surface area contributed by atoms with E-state index < -0.39 is 0 Å². The molecular weight excluding hydrogens is 268 g/mol. The van der Waals surface area contributed by atoms with Gasteiger partial charge in [-0.05, 0) is 26.8 Å². The molecular formula is C11H13ClN6O. The van der Waals surface area contributed by atoms with Gasteiger partial charge in [0.25, 0.3) is 5.95 Å². The molecule has 19 heavy (non-hydrogen) atoms. The molecule has 0 aliphatic carbocycles. The van der Waals surface area contributed by atoms with Gasteiger partial charge >= 0.3 is 0 Å². The van der Waals surface area contributed by atoms with Gasteiger partial charge in [0.1, 0.15) is 5.69 Å². The smallest absolute Gasteiger partial charge is 0.251 e. The number of aryl methyl sites for hydroxylation is 2. The summed E-state index contributed by atoms with van der Waals surface area (Å²) in [5, 5.41) is 16.5. The number of amidine groups is 1. The van der Waals surface area contributed by atoms with Crippen LogP contribution < -0.4 is 5.73 Å². The second kappa shape index (κ2) is 4.85. The number of hydrogen-bond acceptors (Lipinski definition) is 5. The lowest BCUT2D eigenvalue weighted by Crippen LogP contribution is -2.18. The minimum atomic E-state index is -0.0839. The third-order valence-corrected chi connectivity index (χ3v) is 3.15. The molecule has 3 N–H and O–H groups in total. The van der Waals surface area contributed by atoms with Gasteiger partial charge in [-0.25, -0.2) is 14.6 Å². The van der Waals surface area contributed by atoms with E-state index in [1.807, 2.05) is 6.92 Å². The summed E-state index contributed by atoms with van der Waals surface area (Å²) in [6.07, 6.45) is 0. The van der Waals surface area contributed by atoms with Crippen molar-refractivity contribution in [1.82, 2.24) is 19.7 Å². The zero-order valence-corrected chi connectivity index (χ0v) is 11.5. The van der Waals surface area contributed by atoms with E-state index in [0.29, 0.717) is 28.1 Å². The fourth-order valence-electron chi connectivity index (χ4n) is 1.65. The summed E-state index contributed by atoms with van der Waals surface area (Å²) in [5.41, 5.74) is 7.96. The zero-order valence-electron chi connectivity index (χ0n) is 10.7. The zero-order chi connectivity index (χ0) is 14.2. The van der Waals surface area contributed by atoms with E-state index in [2.05, 4.69) is 20.2 Å². The van der Waals surface area contributed by atoms with Crippen LogP contribution in [0.15, 0.2) is 11.2 Å². The summed E-state index contributed by atoms with van der Waals surface area (Å²) in [5.74, 6) is 0.244. The van der Waals surface area contributed by atoms with Crippen molar-refractivity contribution in [3.63, 3.8) is 0 Å². The van der Waals surface area contributed by atoms with Gasteiger partial charge in [-0.15, -0.1) is 0 Å². The van der Waals surface area contributed by atoms with Crippen molar-refractivity contribution in [2.45, 2.75) is 20.8 Å². The number of nitrogens with two attached hydrogens (primary N) is 1. The molecule has 8 heteroatoms. The standard InChI is InChI=1S/C11H13ClN6O/c1-5-4-8(10(13)17-19)15-11(14-5)18-7(3)9(12)6(2)16-18/h4,19H,1-3H3,(H2,13,17). The molecule has 0 aliphatic rings. The number of hydrogen-bond donors (Lipinski definition) is 2. The van der Waals surface area contributed by atoms with Crippen molar-refractivity contribution in [2.75, 3.05) is 0 Å². The van der Waals surface area contributed by atoms with Gasteiger partial charge in [0.15, 0.2) is 5.84 Å². The monoisotopic (exact) mass is 280 g/mol. The molecule has 2 rings (SSSR count). The molecule has 0 spiro atoms. The fourth-order valence-corrected chi connectivity index (χ4v) is 1.77. The van der Waals surface area contributed by atoms with E-state index in [0.717, 1.165) is 5.69 Å². The molecule has 0 bridgehead atoms. The first-order chi connectivity index (χ1) is 8.93. The number of rotatable bonds is 2.